The van der Waals surface area contributed by atoms with E-state index in [0.717, 1.165) is 57.8 Å². The van der Waals surface area contributed by atoms with E-state index < -0.39 is 113 Å². The highest BCUT2D eigenvalue weighted by Crippen LogP contribution is 2.64. The summed E-state index contributed by atoms with van der Waals surface area (Å²) in [5, 5.41) is 0. The molecule has 17 fully saturated rings. The molecule has 17 rings (SSSR count). The highest BCUT2D eigenvalue weighted by Gasteiger charge is 2.76. The summed E-state index contributed by atoms with van der Waals surface area (Å²) >= 11 is 0. The Morgan fingerprint density at radius 2 is 0.589 bits per heavy atom. The van der Waals surface area contributed by atoms with E-state index >= 15 is 0 Å². The van der Waals surface area contributed by atoms with Crippen molar-refractivity contribution < 1.29 is 143 Å². The van der Waals surface area contributed by atoms with Gasteiger partial charge >= 0.3 is 89.5 Å². The molecular formula is C99H164O30. The summed E-state index contributed by atoms with van der Waals surface area (Å²) in [6.07, 6.45) is 11.0. The maximum atomic E-state index is 13.1. The minimum atomic E-state index is -0.621. The second-order valence-electron chi connectivity index (χ2n) is 38.0. The maximum absolute atomic E-state index is 13.1. The Balaban J connectivity index is 0.000000409. The van der Waals surface area contributed by atoms with Crippen LogP contribution in [0.3, 0.4) is 0 Å². The molecule has 30 heteroatoms. The first-order valence-electron chi connectivity index (χ1n) is 44.5. The molecular weight excluding hydrogens is 1670 g/mol. The van der Waals surface area contributed by atoms with Crippen LogP contribution in [0.1, 0.15) is 300 Å². The Morgan fingerprint density at radius 1 is 0.341 bits per heavy atom. The first kappa shape index (κ1) is 115. The minimum absolute atomic E-state index is 0. The quantitative estimate of drug-likeness (QED) is 0.0640. The highest BCUT2D eigenvalue weighted by molar-refractivity contribution is 5.90. The zero-order chi connectivity index (χ0) is 86.2. The fourth-order valence-electron chi connectivity index (χ4n) is 23.3. The van der Waals surface area contributed by atoms with Crippen LogP contribution in [0.2, 0.25) is 0 Å². The van der Waals surface area contributed by atoms with Crippen molar-refractivity contribution >= 4 is 89.5 Å². The van der Waals surface area contributed by atoms with Crippen molar-refractivity contribution in [2.24, 2.45) is 148 Å². The lowest BCUT2D eigenvalue weighted by atomic mass is 9.78. The van der Waals surface area contributed by atoms with Crippen molar-refractivity contribution in [3.8, 4) is 0 Å². The van der Waals surface area contributed by atoms with Gasteiger partial charge in [0.2, 0.25) is 0 Å². The molecule has 5 aliphatic heterocycles. The van der Waals surface area contributed by atoms with E-state index in [1.807, 2.05) is 62.3 Å². The number of rotatable bonds is 24. The van der Waals surface area contributed by atoms with E-state index in [1.54, 1.807) is 34.6 Å². The average molecular weight is 1830 g/mol. The van der Waals surface area contributed by atoms with Crippen LogP contribution < -0.4 is 0 Å². The summed E-state index contributed by atoms with van der Waals surface area (Å²) in [5.74, 6) is -11.8. The van der Waals surface area contributed by atoms with Crippen LogP contribution in [-0.2, 0) is 143 Å². The zero-order valence-electron chi connectivity index (χ0n) is 71.7. The lowest BCUT2D eigenvalue weighted by molar-refractivity contribution is -0.176. The molecule has 0 aromatic carbocycles. The van der Waals surface area contributed by atoms with E-state index in [2.05, 4.69) is 6.92 Å². The van der Waals surface area contributed by atoms with Crippen LogP contribution in [0.25, 0.3) is 0 Å². The Bertz CT molecular complexity index is 3910. The Morgan fingerprint density at radius 3 is 0.829 bits per heavy atom. The van der Waals surface area contributed by atoms with E-state index in [0.29, 0.717) is 64.2 Å². The second kappa shape index (κ2) is 46.1. The highest BCUT2D eigenvalue weighted by atomic mass is 16.6. The van der Waals surface area contributed by atoms with Gasteiger partial charge in [0.1, 0.15) is 78.3 Å². The average Bonchev–Trinajstić information content (AvgIpc) is 1.57. The van der Waals surface area contributed by atoms with E-state index in [1.165, 1.54) is 7.11 Å². The Labute approximate surface area is 769 Å². The molecule has 35 unspecified atom stereocenters. The summed E-state index contributed by atoms with van der Waals surface area (Å²) in [6.45, 7) is 28.1. The van der Waals surface area contributed by atoms with Crippen LogP contribution in [0.4, 0.5) is 0 Å². The maximum Gasteiger partial charge on any atom is 0.310 e. The molecule has 12 saturated carbocycles. The predicted molar refractivity (Wildman–Crippen MR) is 477 cm³/mol. The van der Waals surface area contributed by atoms with Gasteiger partial charge in [-0.25, -0.2) is 0 Å². The topological polar surface area (TPSA) is 394 Å². The molecule has 740 valence electrons. The minimum Gasteiger partial charge on any atom is -0.469 e. The third-order valence-electron chi connectivity index (χ3n) is 30.4. The van der Waals surface area contributed by atoms with Gasteiger partial charge in [-0.2, -0.15) is 0 Å². The third-order valence-corrected chi connectivity index (χ3v) is 30.4. The molecule has 30 nitrogen and oxygen atoms in total. The normalized spacial score (nSPS) is 36.4. The van der Waals surface area contributed by atoms with E-state index in [-0.39, 0.29) is 283 Å². The van der Waals surface area contributed by atoms with Crippen molar-refractivity contribution in [3.05, 3.63) is 0 Å². The molecule has 0 amide bonds. The predicted octanol–water partition coefficient (Wildman–Crippen LogP) is 15.9. The Kier molecular flexibility index (Phi) is 41.2. The fraction of sp³-hybridized carbons (Fsp3) is 0.848. The van der Waals surface area contributed by atoms with Crippen LogP contribution in [0, 0.1) is 148 Å². The lowest BCUT2D eigenvalue weighted by Gasteiger charge is -2.34. The van der Waals surface area contributed by atoms with Gasteiger partial charge < -0.3 is 71.1 Å². The summed E-state index contributed by atoms with van der Waals surface area (Å²) in [5.41, 5.74) is -1.01. The molecule has 5 saturated heterocycles. The van der Waals surface area contributed by atoms with Crippen LogP contribution in [0.5, 0.6) is 0 Å². The molecule has 35 atom stereocenters. The van der Waals surface area contributed by atoms with Crippen molar-refractivity contribution in [2.45, 2.75) is 378 Å². The summed E-state index contributed by atoms with van der Waals surface area (Å²) in [4.78, 5) is 185. The van der Waals surface area contributed by atoms with Crippen LogP contribution in [-0.4, -0.2) is 182 Å². The SMILES string of the molecule is C.C.C.C.C.C.C.C.C.C.CCC(C)C(=O)OC1C2CC3C1OC(=O)C3C2C(=O)OC.CCC(C)C(=O)OC1C2CC3C1OC(=O)C3C2C(=O)OC(C)(C)C.CCC(C)C(=O)OC1C2CC3C1OC(=O)C3C2C(=O)OC1(CC)CCCC1.CCC(C)C(=O)OC1C2CC3C1OC(=O)C3C2C(=O)OC1CCCC1.CCOC(=O)C1C2CC3C(OC(=O)C31)C2OC(=O)C(C)CC. The number of hydrogen-bond acceptors (Lipinski definition) is 30. The molecule has 0 radical (unpaired) electrons. The van der Waals surface area contributed by atoms with Crippen molar-refractivity contribution in [2.75, 3.05) is 13.7 Å². The second-order valence-corrected chi connectivity index (χ2v) is 38.0. The molecule has 0 N–H and O–H groups in total. The first-order valence-corrected chi connectivity index (χ1v) is 44.5. The van der Waals surface area contributed by atoms with Crippen molar-refractivity contribution in [1.29, 1.82) is 0 Å². The van der Waals surface area contributed by atoms with E-state index in [9.17, 15) is 71.9 Å². The van der Waals surface area contributed by atoms with Crippen LogP contribution >= 0.6 is 0 Å². The molecule has 0 spiro atoms. The molecule has 0 aromatic rings. The molecule has 12 aliphatic carbocycles. The summed E-state index contributed by atoms with van der Waals surface area (Å²) in [7, 11) is 1.31. The molecule has 0 aromatic heterocycles. The number of esters is 15. The van der Waals surface area contributed by atoms with Crippen molar-refractivity contribution in [3.63, 3.8) is 0 Å². The van der Waals surface area contributed by atoms with Gasteiger partial charge in [-0.15, -0.1) is 0 Å². The largest absolute Gasteiger partial charge is 0.469 e. The first-order chi connectivity index (χ1) is 56.5. The van der Waals surface area contributed by atoms with Crippen molar-refractivity contribution in [1.82, 2.24) is 0 Å². The fourth-order valence-corrected chi connectivity index (χ4v) is 23.3. The monoisotopic (exact) mass is 1830 g/mol. The number of carbonyl (C=O) groups is 15. The van der Waals surface area contributed by atoms with E-state index in [4.69, 9.17) is 71.1 Å². The molecule has 129 heavy (non-hydrogen) atoms. The zero-order valence-corrected chi connectivity index (χ0v) is 71.7. The van der Waals surface area contributed by atoms with Gasteiger partial charge in [-0.05, 0) is 150 Å². The number of hydrogen-bond donors (Lipinski definition) is 0. The number of methoxy groups -OCH3 is 1. The van der Waals surface area contributed by atoms with Gasteiger partial charge in [-0.1, -0.05) is 150 Å². The molecule has 17 aliphatic rings. The van der Waals surface area contributed by atoms with Gasteiger partial charge in [0.15, 0.2) is 0 Å². The lowest BCUT2D eigenvalue weighted by Crippen LogP contribution is -2.46. The molecule has 10 bridgehead atoms. The smallest absolute Gasteiger partial charge is 0.310 e. The third kappa shape index (κ3) is 21.3. The number of carbonyl (C=O) groups excluding carboxylic acids is 15. The molecule has 5 heterocycles. The van der Waals surface area contributed by atoms with Gasteiger partial charge in [0.25, 0.3) is 0 Å². The summed E-state index contributed by atoms with van der Waals surface area (Å²) < 4.78 is 82.7. The van der Waals surface area contributed by atoms with Gasteiger partial charge in [0, 0.05) is 59.2 Å². The number of fused-ring (bicyclic) bond motifs is 5. The van der Waals surface area contributed by atoms with Gasteiger partial charge in [0.05, 0.1) is 102 Å². The van der Waals surface area contributed by atoms with Crippen LogP contribution in [0.15, 0.2) is 0 Å². The Hall–Kier alpha value is -7.95. The summed E-state index contributed by atoms with van der Waals surface area (Å²) in [6, 6.07) is 0. The number of ether oxygens (including phenoxy) is 15. The standard InChI is InChI=1S/C21H30O6.C19H26O6.C18H26O6.C16H22O6.C15H20O6.10CH4/c1-4-11(3)18(22)25-16-13-10-12-14(19(23)26-17(12)16)15(13)20(24)27-21(5-2)8-6-7-9-21;1-3-9(2)17(20)24-15-11-8-12-14(19(22)25-16(12)15)13(11)18(21)23-10-6-4-5-7-10;1-6-8(2)15(19)22-13-10-7-9-11(16(20)23-14(9)13)12(10)17(21)24-18(3,4)5;1-4-7(3)14(17)21-12-8-6-9-11(16(19)22-13(9)12)10(8)15(18)20-5-2;1-4-6(2)13(16)20-11-7-5-8-10(9(7)14(17)19-3)15(18)21-12(8)11;;;;;;;;;;/h11-17H,4-10H2,1-3H3;9-16H,3-8H2,1-2H3;8-14H,6-7H2,1-5H3;7-13H,4-6H2,1-3H3;6-12H,4-5H2,1-3H3;10*1H4. The van der Waals surface area contributed by atoms with Gasteiger partial charge in [-0.3, -0.25) is 71.9 Å².